The SMILES string of the molecule is CCC(CC)C(O)CNc1ccc(I)cc1N. The lowest BCUT2D eigenvalue weighted by Crippen LogP contribution is -2.27. The molecule has 96 valence electrons. The summed E-state index contributed by atoms with van der Waals surface area (Å²) in [5.41, 5.74) is 7.53. The van der Waals surface area contributed by atoms with Gasteiger partial charge in [-0.3, -0.25) is 0 Å². The zero-order valence-corrected chi connectivity index (χ0v) is 12.6. The van der Waals surface area contributed by atoms with Crippen LogP contribution in [-0.4, -0.2) is 17.8 Å². The van der Waals surface area contributed by atoms with Crippen molar-refractivity contribution < 1.29 is 5.11 Å². The van der Waals surface area contributed by atoms with Crippen LogP contribution < -0.4 is 11.1 Å². The average Bonchev–Trinajstić information content (AvgIpc) is 2.29. The smallest absolute Gasteiger partial charge is 0.0740 e. The van der Waals surface area contributed by atoms with Gasteiger partial charge < -0.3 is 16.2 Å². The Hall–Kier alpha value is -0.490. The predicted molar refractivity (Wildman–Crippen MR) is 82.1 cm³/mol. The summed E-state index contributed by atoms with van der Waals surface area (Å²) < 4.78 is 1.12. The number of nitrogens with two attached hydrogens (primary N) is 1. The number of halogens is 1. The lowest BCUT2D eigenvalue weighted by molar-refractivity contribution is 0.114. The molecule has 0 heterocycles. The van der Waals surface area contributed by atoms with Gasteiger partial charge in [0.15, 0.2) is 0 Å². The number of aliphatic hydroxyl groups excluding tert-OH is 1. The first-order valence-corrected chi connectivity index (χ1v) is 7.13. The number of rotatable bonds is 6. The van der Waals surface area contributed by atoms with Gasteiger partial charge in [0.1, 0.15) is 0 Å². The van der Waals surface area contributed by atoms with E-state index < -0.39 is 0 Å². The Bertz CT molecular complexity index is 353. The maximum Gasteiger partial charge on any atom is 0.0740 e. The van der Waals surface area contributed by atoms with Crippen molar-refractivity contribution in [1.82, 2.24) is 0 Å². The maximum absolute atomic E-state index is 10.0. The van der Waals surface area contributed by atoms with Crippen LogP contribution in [0, 0.1) is 9.49 Å². The van der Waals surface area contributed by atoms with E-state index in [4.69, 9.17) is 5.73 Å². The van der Waals surface area contributed by atoms with E-state index in [0.29, 0.717) is 12.5 Å². The van der Waals surface area contributed by atoms with Gasteiger partial charge in [0.2, 0.25) is 0 Å². The van der Waals surface area contributed by atoms with E-state index in [9.17, 15) is 5.11 Å². The molecule has 4 N–H and O–H groups in total. The van der Waals surface area contributed by atoms with E-state index in [0.717, 1.165) is 27.8 Å². The average molecular weight is 348 g/mol. The van der Waals surface area contributed by atoms with Crippen molar-refractivity contribution in [2.24, 2.45) is 5.92 Å². The van der Waals surface area contributed by atoms with Crippen LogP contribution in [0.4, 0.5) is 11.4 Å². The van der Waals surface area contributed by atoms with Crippen LogP contribution in [0.5, 0.6) is 0 Å². The number of hydrogen-bond acceptors (Lipinski definition) is 3. The topological polar surface area (TPSA) is 58.3 Å². The molecule has 1 rings (SSSR count). The lowest BCUT2D eigenvalue weighted by Gasteiger charge is -2.21. The molecule has 0 saturated carbocycles. The second kappa shape index (κ2) is 7.06. The van der Waals surface area contributed by atoms with Crippen molar-refractivity contribution in [2.45, 2.75) is 32.8 Å². The molecular weight excluding hydrogens is 327 g/mol. The van der Waals surface area contributed by atoms with E-state index in [1.54, 1.807) is 0 Å². The summed E-state index contributed by atoms with van der Waals surface area (Å²) in [7, 11) is 0. The van der Waals surface area contributed by atoms with Crippen molar-refractivity contribution in [2.75, 3.05) is 17.6 Å². The highest BCUT2D eigenvalue weighted by Gasteiger charge is 2.15. The monoisotopic (exact) mass is 348 g/mol. The van der Waals surface area contributed by atoms with Crippen molar-refractivity contribution in [3.05, 3.63) is 21.8 Å². The minimum absolute atomic E-state index is 0.316. The van der Waals surface area contributed by atoms with Crippen LogP contribution in [0.15, 0.2) is 18.2 Å². The number of nitrogen functional groups attached to an aromatic ring is 1. The summed E-state index contributed by atoms with van der Waals surface area (Å²) in [6.07, 6.45) is 1.69. The Labute approximate surface area is 117 Å². The van der Waals surface area contributed by atoms with Gasteiger partial charge in [-0.1, -0.05) is 26.7 Å². The highest BCUT2D eigenvalue weighted by molar-refractivity contribution is 14.1. The highest BCUT2D eigenvalue weighted by Crippen LogP contribution is 2.21. The molecule has 4 heteroatoms. The second-order valence-electron chi connectivity index (χ2n) is 4.26. The Morgan fingerprint density at radius 3 is 2.53 bits per heavy atom. The Morgan fingerprint density at radius 1 is 1.35 bits per heavy atom. The van der Waals surface area contributed by atoms with E-state index in [-0.39, 0.29) is 6.10 Å². The molecule has 0 aliphatic carbocycles. The number of anilines is 2. The third kappa shape index (κ3) is 4.35. The molecule has 0 fully saturated rings. The summed E-state index contributed by atoms with van der Waals surface area (Å²) >= 11 is 2.23. The van der Waals surface area contributed by atoms with Crippen LogP contribution in [-0.2, 0) is 0 Å². The normalized spacial score (nSPS) is 12.8. The van der Waals surface area contributed by atoms with Gasteiger partial charge in [-0.2, -0.15) is 0 Å². The van der Waals surface area contributed by atoms with Crippen molar-refractivity contribution in [1.29, 1.82) is 0 Å². The largest absolute Gasteiger partial charge is 0.397 e. The van der Waals surface area contributed by atoms with Crippen molar-refractivity contribution >= 4 is 34.0 Å². The summed E-state index contributed by atoms with van der Waals surface area (Å²) in [5, 5.41) is 13.2. The summed E-state index contributed by atoms with van der Waals surface area (Å²) in [4.78, 5) is 0. The van der Waals surface area contributed by atoms with Crippen molar-refractivity contribution in [3.8, 4) is 0 Å². The van der Waals surface area contributed by atoms with Crippen molar-refractivity contribution in [3.63, 3.8) is 0 Å². The number of aliphatic hydroxyl groups is 1. The molecule has 0 bridgehead atoms. The minimum Gasteiger partial charge on any atom is -0.397 e. The van der Waals surface area contributed by atoms with Crippen LogP contribution in [0.2, 0.25) is 0 Å². The van der Waals surface area contributed by atoms with Gasteiger partial charge in [-0.25, -0.2) is 0 Å². The van der Waals surface area contributed by atoms with E-state index in [1.165, 1.54) is 0 Å². The molecule has 1 aromatic carbocycles. The van der Waals surface area contributed by atoms with Gasteiger partial charge in [-0.05, 0) is 46.7 Å². The molecule has 1 aromatic rings. The van der Waals surface area contributed by atoms with Gasteiger partial charge in [0.25, 0.3) is 0 Å². The number of hydrogen-bond donors (Lipinski definition) is 3. The fourth-order valence-electron chi connectivity index (χ4n) is 1.91. The van der Waals surface area contributed by atoms with Gasteiger partial charge in [0, 0.05) is 10.1 Å². The van der Waals surface area contributed by atoms with E-state index in [1.807, 2.05) is 18.2 Å². The zero-order valence-electron chi connectivity index (χ0n) is 10.4. The third-order valence-corrected chi connectivity index (χ3v) is 3.78. The van der Waals surface area contributed by atoms with Crippen LogP contribution in [0.25, 0.3) is 0 Å². The summed E-state index contributed by atoms with van der Waals surface area (Å²) in [6.45, 7) is 4.77. The van der Waals surface area contributed by atoms with E-state index in [2.05, 4.69) is 41.8 Å². The first-order valence-electron chi connectivity index (χ1n) is 6.05. The molecule has 0 spiro atoms. The first kappa shape index (κ1) is 14.6. The van der Waals surface area contributed by atoms with Gasteiger partial charge in [-0.15, -0.1) is 0 Å². The van der Waals surface area contributed by atoms with Crippen LogP contribution in [0.1, 0.15) is 26.7 Å². The predicted octanol–water partition coefficient (Wildman–Crippen LogP) is 3.08. The Balaban J connectivity index is 2.55. The molecule has 0 aliphatic rings. The quantitative estimate of drug-likeness (QED) is 0.547. The molecule has 1 unspecified atom stereocenters. The summed E-state index contributed by atoms with van der Waals surface area (Å²) in [6, 6.07) is 5.88. The summed E-state index contributed by atoms with van der Waals surface area (Å²) in [5.74, 6) is 0.354. The van der Waals surface area contributed by atoms with E-state index >= 15 is 0 Å². The molecule has 0 saturated heterocycles. The second-order valence-corrected chi connectivity index (χ2v) is 5.50. The molecule has 0 aliphatic heterocycles. The number of nitrogens with one attached hydrogen (secondary N) is 1. The minimum atomic E-state index is -0.316. The molecule has 0 aromatic heterocycles. The lowest BCUT2D eigenvalue weighted by atomic mass is 9.96. The molecule has 0 amide bonds. The first-order chi connectivity index (χ1) is 8.08. The van der Waals surface area contributed by atoms with Crippen LogP contribution >= 0.6 is 22.6 Å². The molecule has 3 nitrogen and oxygen atoms in total. The Morgan fingerprint density at radius 2 is 2.00 bits per heavy atom. The standard InChI is InChI=1S/C13H21IN2O/c1-3-9(4-2)13(17)8-16-12-6-5-10(14)7-11(12)15/h5-7,9,13,16-17H,3-4,8,15H2,1-2H3. The molecule has 0 radical (unpaired) electrons. The van der Waals surface area contributed by atoms with Gasteiger partial charge >= 0.3 is 0 Å². The maximum atomic E-state index is 10.0. The fourth-order valence-corrected chi connectivity index (χ4v) is 2.42. The zero-order chi connectivity index (χ0) is 12.8. The molecular formula is C13H21IN2O. The molecule has 1 atom stereocenters. The highest BCUT2D eigenvalue weighted by atomic mass is 127. The fraction of sp³-hybridized carbons (Fsp3) is 0.538. The van der Waals surface area contributed by atoms with Crippen LogP contribution in [0.3, 0.4) is 0 Å². The Kier molecular flexibility index (Phi) is 6.05. The molecule has 17 heavy (non-hydrogen) atoms. The third-order valence-electron chi connectivity index (χ3n) is 3.11. The van der Waals surface area contributed by atoms with Gasteiger partial charge in [0.05, 0.1) is 17.5 Å². The number of benzene rings is 1.